The van der Waals surface area contributed by atoms with Gasteiger partial charge in [-0.05, 0) is 26.3 Å². The fraction of sp³-hybridized carbons (Fsp3) is 0.818. The Balaban J connectivity index is 2.03. The first-order chi connectivity index (χ1) is 7.81. The van der Waals surface area contributed by atoms with Gasteiger partial charge in [0, 0.05) is 12.6 Å². The Hall–Kier alpha value is -0.940. The summed E-state index contributed by atoms with van der Waals surface area (Å²) in [7, 11) is 0. The van der Waals surface area contributed by atoms with Crippen molar-refractivity contribution in [1.82, 2.24) is 15.2 Å². The predicted molar refractivity (Wildman–Crippen MR) is 58.8 cm³/mol. The smallest absolute Gasteiger partial charge is 0.122 e. The van der Waals surface area contributed by atoms with Crippen LogP contribution in [0.1, 0.15) is 37.1 Å². The molecule has 0 spiro atoms. The van der Waals surface area contributed by atoms with Crippen LogP contribution in [0, 0.1) is 6.92 Å². The van der Waals surface area contributed by atoms with Crippen LogP contribution in [-0.4, -0.2) is 39.5 Å². The van der Waals surface area contributed by atoms with E-state index in [0.29, 0.717) is 0 Å². The van der Waals surface area contributed by atoms with Crippen molar-refractivity contribution in [2.24, 2.45) is 0 Å². The lowest BCUT2D eigenvalue weighted by molar-refractivity contribution is 0.116. The summed E-state index contributed by atoms with van der Waals surface area (Å²) in [5.41, 5.74) is 1.74. The van der Waals surface area contributed by atoms with E-state index in [9.17, 15) is 5.11 Å². The minimum absolute atomic E-state index is 0.227. The summed E-state index contributed by atoms with van der Waals surface area (Å²) in [4.78, 5) is 2.29. The highest BCUT2D eigenvalue weighted by molar-refractivity contribution is 5.04. The summed E-state index contributed by atoms with van der Waals surface area (Å²) in [5.74, 6) is 0. The van der Waals surface area contributed by atoms with Gasteiger partial charge in [0.1, 0.15) is 11.4 Å². The molecule has 5 nitrogen and oxygen atoms in total. The van der Waals surface area contributed by atoms with Crippen LogP contribution in [0.3, 0.4) is 0 Å². The third-order valence-electron chi connectivity index (χ3n) is 3.31. The van der Waals surface area contributed by atoms with Gasteiger partial charge in [-0.15, -0.1) is 0 Å². The second-order valence-electron chi connectivity index (χ2n) is 4.45. The van der Waals surface area contributed by atoms with E-state index >= 15 is 0 Å². The molecule has 16 heavy (non-hydrogen) atoms. The molecular formula is C11H19N3O2. The van der Waals surface area contributed by atoms with Crippen LogP contribution in [0.2, 0.25) is 0 Å². The summed E-state index contributed by atoms with van der Waals surface area (Å²) < 4.78 is 4.70. The molecule has 0 bridgehead atoms. The van der Waals surface area contributed by atoms with Crippen LogP contribution in [0.5, 0.6) is 0 Å². The van der Waals surface area contributed by atoms with E-state index in [0.717, 1.165) is 30.9 Å². The van der Waals surface area contributed by atoms with E-state index in [1.54, 1.807) is 0 Å². The van der Waals surface area contributed by atoms with Gasteiger partial charge in [-0.25, -0.2) is 4.63 Å². The van der Waals surface area contributed by atoms with Gasteiger partial charge in [0.15, 0.2) is 0 Å². The molecule has 0 amide bonds. The maximum absolute atomic E-state index is 9.38. The van der Waals surface area contributed by atoms with E-state index in [1.165, 1.54) is 19.3 Å². The molecule has 5 heteroatoms. The van der Waals surface area contributed by atoms with Gasteiger partial charge < -0.3 is 5.11 Å². The lowest BCUT2D eigenvalue weighted by atomic mass is 10.1. The van der Waals surface area contributed by atoms with Crippen molar-refractivity contribution in [3.8, 4) is 0 Å². The van der Waals surface area contributed by atoms with Crippen LogP contribution in [0.4, 0.5) is 0 Å². The molecule has 1 saturated heterocycles. The second kappa shape index (κ2) is 5.41. The Kier molecular flexibility index (Phi) is 3.90. The maximum atomic E-state index is 9.38. The first-order valence-corrected chi connectivity index (χ1v) is 5.94. The van der Waals surface area contributed by atoms with Gasteiger partial charge >= 0.3 is 0 Å². The highest BCUT2D eigenvalue weighted by Gasteiger charge is 2.22. The van der Waals surface area contributed by atoms with Gasteiger partial charge in [0.05, 0.1) is 6.61 Å². The normalized spacial score (nSPS) is 23.2. The standard InChI is InChI=1S/C11H19N3O2/c1-9-11(13-16-12-9)7-14-6-4-2-3-5-10(14)8-15/h10,15H,2-8H2,1H3. The highest BCUT2D eigenvalue weighted by atomic mass is 16.6. The van der Waals surface area contributed by atoms with Crippen molar-refractivity contribution in [1.29, 1.82) is 0 Å². The molecule has 90 valence electrons. The van der Waals surface area contributed by atoms with Crippen molar-refractivity contribution in [2.75, 3.05) is 13.2 Å². The molecule has 1 fully saturated rings. The van der Waals surface area contributed by atoms with Crippen LogP contribution in [-0.2, 0) is 6.54 Å². The highest BCUT2D eigenvalue weighted by Crippen LogP contribution is 2.19. The van der Waals surface area contributed by atoms with Crippen molar-refractivity contribution in [3.05, 3.63) is 11.4 Å². The van der Waals surface area contributed by atoms with Crippen LogP contribution >= 0.6 is 0 Å². The van der Waals surface area contributed by atoms with Gasteiger partial charge in [0.25, 0.3) is 0 Å². The summed E-state index contributed by atoms with van der Waals surface area (Å²) in [5, 5.41) is 17.1. The molecule has 1 N–H and O–H groups in total. The predicted octanol–water partition coefficient (Wildman–Crippen LogP) is 1.11. The molecule has 1 unspecified atom stereocenters. The SMILES string of the molecule is Cc1nonc1CN1CCCCCC1CO. The molecule has 1 aliphatic rings. The first-order valence-electron chi connectivity index (χ1n) is 5.94. The Labute approximate surface area is 95.4 Å². The van der Waals surface area contributed by atoms with E-state index in [2.05, 4.69) is 15.2 Å². The van der Waals surface area contributed by atoms with Crippen molar-refractivity contribution in [3.63, 3.8) is 0 Å². The monoisotopic (exact) mass is 225 g/mol. The number of hydrogen-bond donors (Lipinski definition) is 1. The number of rotatable bonds is 3. The lowest BCUT2D eigenvalue weighted by Crippen LogP contribution is -2.37. The molecule has 1 aliphatic heterocycles. The molecular weight excluding hydrogens is 206 g/mol. The van der Waals surface area contributed by atoms with Crippen LogP contribution in [0.25, 0.3) is 0 Å². The van der Waals surface area contributed by atoms with Crippen molar-refractivity contribution in [2.45, 2.75) is 45.2 Å². The zero-order chi connectivity index (χ0) is 11.4. The fourth-order valence-electron chi connectivity index (χ4n) is 2.24. The number of likely N-dealkylation sites (tertiary alicyclic amines) is 1. The number of aliphatic hydroxyl groups excluding tert-OH is 1. The average molecular weight is 225 g/mol. The molecule has 0 saturated carbocycles. The van der Waals surface area contributed by atoms with E-state index in [-0.39, 0.29) is 12.6 Å². The molecule has 1 atom stereocenters. The topological polar surface area (TPSA) is 62.4 Å². The quantitative estimate of drug-likeness (QED) is 0.835. The molecule has 1 aromatic rings. The molecule has 2 heterocycles. The van der Waals surface area contributed by atoms with Gasteiger partial charge in [-0.1, -0.05) is 23.2 Å². The zero-order valence-electron chi connectivity index (χ0n) is 9.72. The molecule has 2 rings (SSSR count). The Morgan fingerprint density at radius 3 is 2.94 bits per heavy atom. The summed E-state index contributed by atoms with van der Waals surface area (Å²) >= 11 is 0. The second-order valence-corrected chi connectivity index (χ2v) is 4.45. The van der Waals surface area contributed by atoms with E-state index < -0.39 is 0 Å². The van der Waals surface area contributed by atoms with Crippen LogP contribution < -0.4 is 0 Å². The summed E-state index contributed by atoms with van der Waals surface area (Å²) in [6.45, 7) is 3.89. The van der Waals surface area contributed by atoms with Crippen molar-refractivity contribution < 1.29 is 9.74 Å². The number of aryl methyl sites for hydroxylation is 1. The van der Waals surface area contributed by atoms with E-state index in [1.807, 2.05) is 6.92 Å². The van der Waals surface area contributed by atoms with Crippen LogP contribution in [0.15, 0.2) is 4.63 Å². The largest absolute Gasteiger partial charge is 0.395 e. The first kappa shape index (κ1) is 11.5. The van der Waals surface area contributed by atoms with Crippen molar-refractivity contribution >= 4 is 0 Å². The number of hydrogen-bond acceptors (Lipinski definition) is 5. The Morgan fingerprint density at radius 2 is 2.25 bits per heavy atom. The van der Waals surface area contributed by atoms with Gasteiger partial charge in [-0.2, -0.15) is 0 Å². The molecule has 1 aromatic heterocycles. The van der Waals surface area contributed by atoms with Gasteiger partial charge in [-0.3, -0.25) is 4.90 Å². The lowest BCUT2D eigenvalue weighted by Gasteiger charge is -2.27. The fourth-order valence-corrected chi connectivity index (χ4v) is 2.24. The minimum Gasteiger partial charge on any atom is -0.395 e. The Morgan fingerprint density at radius 1 is 1.38 bits per heavy atom. The van der Waals surface area contributed by atoms with Gasteiger partial charge in [0.2, 0.25) is 0 Å². The average Bonchev–Trinajstić information content (AvgIpc) is 2.56. The number of aliphatic hydroxyl groups is 1. The zero-order valence-corrected chi connectivity index (χ0v) is 9.72. The maximum Gasteiger partial charge on any atom is 0.122 e. The van der Waals surface area contributed by atoms with E-state index in [4.69, 9.17) is 4.63 Å². The summed E-state index contributed by atoms with van der Waals surface area (Å²) in [6.07, 6.45) is 4.72. The Bertz CT molecular complexity index is 327. The minimum atomic E-state index is 0.227. The number of aromatic nitrogens is 2. The summed E-state index contributed by atoms with van der Waals surface area (Å²) in [6, 6.07) is 0.263. The number of nitrogens with zero attached hydrogens (tertiary/aromatic N) is 3. The third kappa shape index (κ3) is 2.59. The molecule has 0 radical (unpaired) electrons. The molecule has 0 aromatic carbocycles. The molecule has 0 aliphatic carbocycles. The third-order valence-corrected chi connectivity index (χ3v) is 3.31.